The van der Waals surface area contributed by atoms with E-state index in [2.05, 4.69) is 20.7 Å². The summed E-state index contributed by atoms with van der Waals surface area (Å²) in [5.74, 6) is -0.0821. The predicted octanol–water partition coefficient (Wildman–Crippen LogP) is 1.22. The highest BCUT2D eigenvalue weighted by atomic mass is 79.9. The molecule has 0 aromatic heterocycles. The first-order valence-corrected chi connectivity index (χ1v) is 9.78. The van der Waals surface area contributed by atoms with E-state index in [0.29, 0.717) is 6.42 Å². The number of sulfone groups is 1. The highest BCUT2D eigenvalue weighted by Gasteiger charge is 2.31. The summed E-state index contributed by atoms with van der Waals surface area (Å²) in [6.45, 7) is 1.79. The van der Waals surface area contributed by atoms with E-state index in [9.17, 15) is 16.8 Å². The maximum atomic E-state index is 12.1. The first-order chi connectivity index (χ1) is 8.70. The van der Waals surface area contributed by atoms with E-state index in [4.69, 9.17) is 0 Å². The Morgan fingerprint density at radius 1 is 1.37 bits per heavy atom. The van der Waals surface area contributed by atoms with Gasteiger partial charge in [0.05, 0.1) is 16.4 Å². The average Bonchev–Trinajstić information content (AvgIpc) is 2.61. The molecule has 5 nitrogen and oxygen atoms in total. The van der Waals surface area contributed by atoms with E-state index >= 15 is 0 Å². The standard InChI is InChI=1S/C11H14BrNO4S2/c1-8-6-10(2-3-11(8)12)19(16,17)13-9-4-5-18(14,15)7-9/h2-3,6,9,13H,4-5,7H2,1H3/t9-/m0/s1. The fourth-order valence-corrected chi connectivity index (χ4v) is 5.34. The van der Waals surface area contributed by atoms with Crippen LogP contribution in [0.5, 0.6) is 0 Å². The molecule has 1 fully saturated rings. The highest BCUT2D eigenvalue weighted by Crippen LogP contribution is 2.21. The molecule has 106 valence electrons. The summed E-state index contributed by atoms with van der Waals surface area (Å²) in [6.07, 6.45) is 0.330. The lowest BCUT2D eigenvalue weighted by molar-refractivity contribution is 0.562. The van der Waals surface area contributed by atoms with Gasteiger partial charge in [-0.05, 0) is 37.1 Å². The number of aryl methyl sites for hydroxylation is 1. The van der Waals surface area contributed by atoms with E-state index in [-0.39, 0.29) is 16.4 Å². The Morgan fingerprint density at radius 2 is 2.05 bits per heavy atom. The van der Waals surface area contributed by atoms with Crippen molar-refractivity contribution in [3.05, 3.63) is 28.2 Å². The summed E-state index contributed by atoms with van der Waals surface area (Å²) in [5, 5.41) is 0. The van der Waals surface area contributed by atoms with Gasteiger partial charge in [0.2, 0.25) is 10.0 Å². The Hall–Kier alpha value is -0.440. The molecule has 1 heterocycles. The normalized spacial score (nSPS) is 22.5. The molecule has 1 aliphatic rings. The van der Waals surface area contributed by atoms with Crippen molar-refractivity contribution in [3.8, 4) is 0 Å². The monoisotopic (exact) mass is 367 g/mol. The van der Waals surface area contributed by atoms with E-state index in [1.807, 2.05) is 0 Å². The number of nitrogens with one attached hydrogen (secondary N) is 1. The number of hydrogen-bond acceptors (Lipinski definition) is 4. The quantitative estimate of drug-likeness (QED) is 0.870. The number of halogens is 1. The summed E-state index contributed by atoms with van der Waals surface area (Å²) in [6, 6.07) is 4.17. The van der Waals surface area contributed by atoms with E-state index in [1.54, 1.807) is 19.1 Å². The molecule has 0 aliphatic carbocycles. The second-order valence-electron chi connectivity index (χ2n) is 4.63. The largest absolute Gasteiger partial charge is 0.240 e. The van der Waals surface area contributed by atoms with Gasteiger partial charge < -0.3 is 0 Å². The summed E-state index contributed by atoms with van der Waals surface area (Å²) >= 11 is 3.30. The van der Waals surface area contributed by atoms with E-state index in [1.165, 1.54) is 6.07 Å². The molecule has 0 unspecified atom stereocenters. The van der Waals surface area contributed by atoms with Gasteiger partial charge in [-0.1, -0.05) is 15.9 Å². The van der Waals surface area contributed by atoms with Crippen LogP contribution in [0.15, 0.2) is 27.6 Å². The molecule has 2 rings (SSSR count). The maximum Gasteiger partial charge on any atom is 0.240 e. The minimum atomic E-state index is -3.67. The van der Waals surface area contributed by atoms with Gasteiger partial charge in [-0.25, -0.2) is 21.6 Å². The predicted molar refractivity (Wildman–Crippen MR) is 76.3 cm³/mol. The third kappa shape index (κ3) is 3.56. The van der Waals surface area contributed by atoms with Crippen LogP contribution in [0.25, 0.3) is 0 Å². The molecule has 0 amide bonds. The van der Waals surface area contributed by atoms with Gasteiger partial charge in [-0.2, -0.15) is 0 Å². The van der Waals surface area contributed by atoms with Crippen LogP contribution in [-0.2, 0) is 19.9 Å². The lowest BCUT2D eigenvalue weighted by Gasteiger charge is -2.12. The zero-order chi connectivity index (χ0) is 14.3. The molecule has 1 N–H and O–H groups in total. The molecule has 8 heteroatoms. The van der Waals surface area contributed by atoms with E-state index in [0.717, 1.165) is 10.0 Å². The Kier molecular flexibility index (Phi) is 4.06. The second kappa shape index (κ2) is 5.16. The molecule has 1 aromatic rings. The molecule has 0 bridgehead atoms. The minimum Gasteiger partial charge on any atom is -0.229 e. The van der Waals surface area contributed by atoms with Crippen LogP contribution < -0.4 is 4.72 Å². The Balaban J connectivity index is 2.21. The van der Waals surface area contributed by atoms with Gasteiger partial charge in [0.1, 0.15) is 0 Å². The van der Waals surface area contributed by atoms with Gasteiger partial charge in [0.15, 0.2) is 9.84 Å². The summed E-state index contributed by atoms with van der Waals surface area (Å²) in [7, 11) is -6.77. The molecule has 1 aliphatic heterocycles. The summed E-state index contributed by atoms with van der Waals surface area (Å²) < 4.78 is 50.2. The average molecular weight is 368 g/mol. The molecular formula is C11H14BrNO4S2. The van der Waals surface area contributed by atoms with Crippen LogP contribution in [0.2, 0.25) is 0 Å². The SMILES string of the molecule is Cc1cc(S(=O)(=O)N[C@H]2CCS(=O)(=O)C2)ccc1Br. The second-order valence-corrected chi connectivity index (χ2v) is 9.43. The molecular weight excluding hydrogens is 354 g/mol. The van der Waals surface area contributed by atoms with Crippen molar-refractivity contribution in [1.82, 2.24) is 4.72 Å². The molecule has 1 aromatic carbocycles. The fourth-order valence-electron chi connectivity index (χ4n) is 1.96. The van der Waals surface area contributed by atoms with Crippen molar-refractivity contribution in [2.75, 3.05) is 11.5 Å². The number of rotatable bonds is 3. The first kappa shape index (κ1) is 15.0. The van der Waals surface area contributed by atoms with Crippen molar-refractivity contribution in [2.45, 2.75) is 24.3 Å². The molecule has 19 heavy (non-hydrogen) atoms. The van der Waals surface area contributed by atoms with Crippen LogP contribution in [0.3, 0.4) is 0 Å². The number of benzene rings is 1. The van der Waals surface area contributed by atoms with Crippen LogP contribution in [-0.4, -0.2) is 34.4 Å². The first-order valence-electron chi connectivity index (χ1n) is 5.68. The molecule has 1 saturated heterocycles. The lowest BCUT2D eigenvalue weighted by atomic mass is 10.2. The fraction of sp³-hybridized carbons (Fsp3) is 0.455. The molecule has 0 radical (unpaired) electrons. The van der Waals surface area contributed by atoms with Crippen molar-refractivity contribution in [1.29, 1.82) is 0 Å². The van der Waals surface area contributed by atoms with Crippen LogP contribution in [0.1, 0.15) is 12.0 Å². The van der Waals surface area contributed by atoms with Crippen LogP contribution in [0, 0.1) is 6.92 Å². The van der Waals surface area contributed by atoms with E-state index < -0.39 is 25.9 Å². The highest BCUT2D eigenvalue weighted by molar-refractivity contribution is 9.10. The topological polar surface area (TPSA) is 80.3 Å². The van der Waals surface area contributed by atoms with Crippen molar-refractivity contribution >= 4 is 35.8 Å². The Labute approximate surface area is 121 Å². The van der Waals surface area contributed by atoms with Gasteiger partial charge in [-0.3, -0.25) is 0 Å². The minimum absolute atomic E-state index is 0.0412. The summed E-state index contributed by atoms with van der Waals surface area (Å²) in [5.41, 5.74) is 0.807. The maximum absolute atomic E-state index is 12.1. The number of hydrogen-bond donors (Lipinski definition) is 1. The van der Waals surface area contributed by atoms with Gasteiger partial charge in [0.25, 0.3) is 0 Å². The zero-order valence-electron chi connectivity index (χ0n) is 10.3. The van der Waals surface area contributed by atoms with Gasteiger partial charge in [-0.15, -0.1) is 0 Å². The molecule has 0 spiro atoms. The van der Waals surface area contributed by atoms with Crippen LogP contribution >= 0.6 is 15.9 Å². The van der Waals surface area contributed by atoms with Crippen molar-refractivity contribution in [3.63, 3.8) is 0 Å². The zero-order valence-corrected chi connectivity index (χ0v) is 13.5. The van der Waals surface area contributed by atoms with Gasteiger partial charge in [0, 0.05) is 10.5 Å². The Bertz CT molecular complexity index is 697. The number of sulfonamides is 1. The van der Waals surface area contributed by atoms with Gasteiger partial charge >= 0.3 is 0 Å². The third-order valence-electron chi connectivity index (χ3n) is 2.99. The Morgan fingerprint density at radius 3 is 2.58 bits per heavy atom. The molecule has 0 saturated carbocycles. The van der Waals surface area contributed by atoms with Crippen LogP contribution in [0.4, 0.5) is 0 Å². The van der Waals surface area contributed by atoms with Crippen molar-refractivity contribution < 1.29 is 16.8 Å². The summed E-state index contributed by atoms with van der Waals surface area (Å²) in [4.78, 5) is 0.150. The molecule has 1 atom stereocenters. The third-order valence-corrected chi connectivity index (χ3v) is 7.17. The van der Waals surface area contributed by atoms with Crippen molar-refractivity contribution in [2.24, 2.45) is 0 Å². The smallest absolute Gasteiger partial charge is 0.229 e. The lowest BCUT2D eigenvalue weighted by Crippen LogP contribution is -2.35.